The molecule has 1 unspecified atom stereocenters. The van der Waals surface area contributed by atoms with Gasteiger partial charge in [0.2, 0.25) is 0 Å². The van der Waals surface area contributed by atoms with Gasteiger partial charge >= 0.3 is 0 Å². The van der Waals surface area contributed by atoms with E-state index in [0.717, 1.165) is 15.6 Å². The maximum absolute atomic E-state index is 12.0. The van der Waals surface area contributed by atoms with Crippen molar-refractivity contribution >= 4 is 39.7 Å². The average molecular weight is 396 g/mol. The van der Waals surface area contributed by atoms with Crippen LogP contribution in [-0.4, -0.2) is 18.2 Å². The molecule has 1 amide bonds. The molecular formula is C17H16BrClN2O2. The van der Waals surface area contributed by atoms with Gasteiger partial charge in [-0.3, -0.25) is 4.79 Å². The summed E-state index contributed by atoms with van der Waals surface area (Å²) in [4.78, 5) is 12.0. The SMILES string of the molecule is Cc1cc(Cl)ccc1OC(C)C(=O)NN=Cc1ccc(Br)cc1. The van der Waals surface area contributed by atoms with Crippen molar-refractivity contribution in [2.24, 2.45) is 5.10 Å². The third-order valence-electron chi connectivity index (χ3n) is 3.07. The van der Waals surface area contributed by atoms with Crippen LogP contribution in [0, 0.1) is 6.92 Å². The fourth-order valence-electron chi connectivity index (χ4n) is 1.80. The predicted octanol–water partition coefficient (Wildman–Crippen LogP) is 4.33. The summed E-state index contributed by atoms with van der Waals surface area (Å²) in [6.07, 6.45) is 0.905. The summed E-state index contributed by atoms with van der Waals surface area (Å²) < 4.78 is 6.61. The minimum Gasteiger partial charge on any atom is -0.481 e. The molecule has 0 aliphatic heterocycles. The van der Waals surface area contributed by atoms with E-state index in [2.05, 4.69) is 26.5 Å². The van der Waals surface area contributed by atoms with E-state index in [9.17, 15) is 4.79 Å². The lowest BCUT2D eigenvalue weighted by Crippen LogP contribution is -2.33. The highest BCUT2D eigenvalue weighted by Crippen LogP contribution is 2.22. The molecule has 4 nitrogen and oxygen atoms in total. The molecular weight excluding hydrogens is 380 g/mol. The number of carbonyl (C=O) groups excluding carboxylic acids is 1. The molecule has 0 aliphatic rings. The van der Waals surface area contributed by atoms with Gasteiger partial charge in [-0.25, -0.2) is 5.43 Å². The fourth-order valence-corrected chi connectivity index (χ4v) is 2.29. The lowest BCUT2D eigenvalue weighted by Gasteiger charge is -2.14. The molecule has 0 aliphatic carbocycles. The van der Waals surface area contributed by atoms with E-state index in [0.29, 0.717) is 10.8 Å². The van der Waals surface area contributed by atoms with Crippen LogP contribution in [0.3, 0.4) is 0 Å². The highest BCUT2D eigenvalue weighted by atomic mass is 79.9. The van der Waals surface area contributed by atoms with E-state index in [1.807, 2.05) is 31.2 Å². The first-order valence-corrected chi connectivity index (χ1v) is 8.14. The molecule has 0 bridgehead atoms. The lowest BCUT2D eigenvalue weighted by atomic mass is 10.2. The van der Waals surface area contributed by atoms with Crippen LogP contribution in [0.4, 0.5) is 0 Å². The van der Waals surface area contributed by atoms with Crippen LogP contribution in [0.5, 0.6) is 5.75 Å². The quantitative estimate of drug-likeness (QED) is 0.605. The summed E-state index contributed by atoms with van der Waals surface area (Å²) in [7, 11) is 0. The van der Waals surface area contributed by atoms with Crippen molar-refractivity contribution in [1.29, 1.82) is 0 Å². The van der Waals surface area contributed by atoms with Gasteiger partial charge in [0, 0.05) is 9.50 Å². The number of benzene rings is 2. The number of hydrogen-bond donors (Lipinski definition) is 1. The van der Waals surface area contributed by atoms with Crippen molar-refractivity contribution in [2.75, 3.05) is 0 Å². The Morgan fingerprint density at radius 1 is 1.30 bits per heavy atom. The van der Waals surface area contributed by atoms with Crippen LogP contribution in [0.15, 0.2) is 52.0 Å². The second kappa shape index (κ2) is 8.13. The molecule has 0 radical (unpaired) electrons. The molecule has 1 N–H and O–H groups in total. The van der Waals surface area contributed by atoms with Crippen LogP contribution in [0.2, 0.25) is 5.02 Å². The third kappa shape index (κ3) is 5.37. The molecule has 2 aromatic carbocycles. The number of halogens is 2. The topological polar surface area (TPSA) is 50.7 Å². The Morgan fingerprint density at radius 3 is 2.65 bits per heavy atom. The molecule has 0 saturated heterocycles. The van der Waals surface area contributed by atoms with Gasteiger partial charge in [0.15, 0.2) is 6.10 Å². The average Bonchev–Trinajstić information content (AvgIpc) is 2.51. The molecule has 120 valence electrons. The standard InChI is InChI=1S/C17H16BrClN2O2/c1-11-9-15(19)7-8-16(11)23-12(2)17(22)21-20-10-13-3-5-14(18)6-4-13/h3-10,12H,1-2H3,(H,21,22). The molecule has 0 spiro atoms. The number of nitrogens with one attached hydrogen (secondary N) is 1. The predicted molar refractivity (Wildman–Crippen MR) is 96.2 cm³/mol. The Balaban J connectivity index is 1.90. The summed E-state index contributed by atoms with van der Waals surface area (Å²) in [5.41, 5.74) is 4.22. The van der Waals surface area contributed by atoms with Gasteiger partial charge in [0.25, 0.3) is 5.91 Å². The van der Waals surface area contributed by atoms with E-state index in [1.54, 1.807) is 31.3 Å². The monoisotopic (exact) mass is 394 g/mol. The van der Waals surface area contributed by atoms with Crippen LogP contribution in [0.25, 0.3) is 0 Å². The van der Waals surface area contributed by atoms with Gasteiger partial charge in [-0.1, -0.05) is 39.7 Å². The van der Waals surface area contributed by atoms with Gasteiger partial charge in [-0.15, -0.1) is 0 Å². The fraction of sp³-hybridized carbons (Fsp3) is 0.176. The number of amides is 1. The van der Waals surface area contributed by atoms with E-state index in [4.69, 9.17) is 16.3 Å². The highest BCUT2D eigenvalue weighted by molar-refractivity contribution is 9.10. The Hall–Kier alpha value is -1.85. The molecule has 1 atom stereocenters. The van der Waals surface area contributed by atoms with Gasteiger partial charge in [0.05, 0.1) is 6.21 Å². The summed E-state index contributed by atoms with van der Waals surface area (Å²) >= 11 is 9.25. The van der Waals surface area contributed by atoms with Crippen LogP contribution in [0.1, 0.15) is 18.1 Å². The smallest absolute Gasteiger partial charge is 0.280 e. The Kier molecular flexibility index (Phi) is 6.19. The lowest BCUT2D eigenvalue weighted by molar-refractivity contribution is -0.127. The number of ether oxygens (including phenoxy) is 1. The molecule has 2 rings (SSSR count). The molecule has 23 heavy (non-hydrogen) atoms. The minimum atomic E-state index is -0.669. The van der Waals surface area contributed by atoms with Gasteiger partial charge in [-0.05, 0) is 55.3 Å². The van der Waals surface area contributed by atoms with Crippen molar-refractivity contribution < 1.29 is 9.53 Å². The van der Waals surface area contributed by atoms with E-state index < -0.39 is 6.10 Å². The largest absolute Gasteiger partial charge is 0.481 e. The molecule has 0 heterocycles. The minimum absolute atomic E-state index is 0.326. The van der Waals surface area contributed by atoms with Gasteiger partial charge < -0.3 is 4.74 Å². The number of hydrogen-bond acceptors (Lipinski definition) is 3. The first kappa shape index (κ1) is 17.5. The number of rotatable bonds is 5. The van der Waals surface area contributed by atoms with E-state index in [1.165, 1.54) is 0 Å². The van der Waals surface area contributed by atoms with Crippen molar-refractivity contribution in [3.63, 3.8) is 0 Å². The highest BCUT2D eigenvalue weighted by Gasteiger charge is 2.15. The van der Waals surface area contributed by atoms with Crippen LogP contribution in [-0.2, 0) is 4.79 Å². The second-order valence-corrected chi connectivity index (χ2v) is 6.31. The maximum Gasteiger partial charge on any atom is 0.280 e. The van der Waals surface area contributed by atoms with Gasteiger partial charge in [0.1, 0.15) is 5.75 Å². The summed E-state index contributed by atoms with van der Waals surface area (Å²) in [5.74, 6) is 0.293. The molecule has 2 aromatic rings. The number of carbonyl (C=O) groups is 1. The normalized spacial score (nSPS) is 12.2. The maximum atomic E-state index is 12.0. The Morgan fingerprint density at radius 2 is 2.00 bits per heavy atom. The number of aryl methyl sites for hydroxylation is 1. The molecule has 0 fully saturated rings. The number of nitrogens with zero attached hydrogens (tertiary/aromatic N) is 1. The zero-order chi connectivity index (χ0) is 16.8. The molecule has 0 aromatic heterocycles. The Labute approximate surface area is 148 Å². The van der Waals surface area contributed by atoms with Crippen molar-refractivity contribution in [3.8, 4) is 5.75 Å². The van der Waals surface area contributed by atoms with E-state index in [-0.39, 0.29) is 5.91 Å². The van der Waals surface area contributed by atoms with Crippen molar-refractivity contribution in [2.45, 2.75) is 20.0 Å². The van der Waals surface area contributed by atoms with E-state index >= 15 is 0 Å². The summed E-state index contributed by atoms with van der Waals surface area (Å²) in [6.45, 7) is 3.54. The van der Waals surface area contributed by atoms with Crippen molar-refractivity contribution in [3.05, 3.63) is 63.1 Å². The summed E-state index contributed by atoms with van der Waals surface area (Å²) in [6, 6.07) is 12.8. The molecule has 6 heteroatoms. The third-order valence-corrected chi connectivity index (χ3v) is 3.83. The second-order valence-electron chi connectivity index (χ2n) is 4.96. The zero-order valence-electron chi connectivity index (χ0n) is 12.7. The first-order chi connectivity index (χ1) is 11.0. The zero-order valence-corrected chi connectivity index (χ0v) is 15.1. The van der Waals surface area contributed by atoms with Crippen LogP contribution < -0.4 is 10.2 Å². The number of hydrazone groups is 1. The van der Waals surface area contributed by atoms with Crippen molar-refractivity contribution in [1.82, 2.24) is 5.43 Å². The molecule has 0 saturated carbocycles. The summed E-state index contributed by atoms with van der Waals surface area (Å²) in [5, 5.41) is 4.56. The van der Waals surface area contributed by atoms with Crippen LogP contribution >= 0.6 is 27.5 Å². The van der Waals surface area contributed by atoms with Gasteiger partial charge in [-0.2, -0.15) is 5.10 Å². The first-order valence-electron chi connectivity index (χ1n) is 6.97. The Bertz CT molecular complexity index is 717.